The van der Waals surface area contributed by atoms with Gasteiger partial charge in [-0.3, -0.25) is 9.59 Å². The molecule has 5 rings (SSSR count). The van der Waals surface area contributed by atoms with Gasteiger partial charge in [-0.05, 0) is 12.1 Å². The van der Waals surface area contributed by atoms with Gasteiger partial charge in [0, 0.05) is 37.1 Å². The van der Waals surface area contributed by atoms with E-state index in [9.17, 15) is 9.59 Å². The molecule has 0 saturated carbocycles. The molecule has 0 N–H and O–H groups in total. The lowest BCUT2D eigenvalue weighted by Gasteiger charge is -2.36. The number of carbonyl (C=O) groups is 1. The second-order valence-corrected chi connectivity index (χ2v) is 9.19. The molecule has 0 aliphatic carbocycles. The molecule has 1 fully saturated rings. The zero-order valence-electron chi connectivity index (χ0n) is 18.3. The smallest absolute Gasteiger partial charge is 0.292 e. The molecule has 172 valence electrons. The highest BCUT2D eigenvalue weighted by Gasteiger charge is 2.24. The van der Waals surface area contributed by atoms with Crippen molar-refractivity contribution in [3.05, 3.63) is 93.3 Å². The fourth-order valence-corrected chi connectivity index (χ4v) is 5.04. The van der Waals surface area contributed by atoms with E-state index in [1.807, 2.05) is 63.7 Å². The average molecular weight is 492 g/mol. The molecule has 0 unspecified atom stereocenters. The molecule has 7 nitrogen and oxygen atoms in total. The number of carbonyl (C=O) groups excluding carboxylic acids is 1. The Hall–Kier alpha value is -3.49. The molecule has 0 bridgehead atoms. The molecule has 9 heteroatoms. The van der Waals surface area contributed by atoms with Crippen LogP contribution in [0.4, 0.5) is 5.69 Å². The topological polar surface area (TPSA) is 71.3 Å². The number of benzene rings is 2. The van der Waals surface area contributed by atoms with Gasteiger partial charge in [-0.25, -0.2) is 4.98 Å². The van der Waals surface area contributed by atoms with E-state index < -0.39 is 0 Å². The summed E-state index contributed by atoms with van der Waals surface area (Å²) in [7, 11) is 0. The van der Waals surface area contributed by atoms with Gasteiger partial charge in [0.05, 0.1) is 29.7 Å². The fraction of sp³-hybridized carbons (Fsp3) is 0.200. The van der Waals surface area contributed by atoms with Gasteiger partial charge in [0.25, 0.3) is 5.56 Å². The van der Waals surface area contributed by atoms with Crippen LogP contribution in [-0.2, 0) is 11.2 Å². The van der Waals surface area contributed by atoms with Crippen LogP contribution in [0.2, 0.25) is 5.02 Å². The number of piperazine rings is 1. The predicted molar refractivity (Wildman–Crippen MR) is 135 cm³/mol. The Morgan fingerprint density at radius 1 is 0.971 bits per heavy atom. The molecule has 1 saturated heterocycles. The van der Waals surface area contributed by atoms with Crippen LogP contribution < -0.4 is 10.5 Å². The van der Waals surface area contributed by atoms with Gasteiger partial charge in [-0.2, -0.15) is 9.78 Å². The van der Waals surface area contributed by atoms with Crippen LogP contribution in [-0.4, -0.2) is 51.8 Å². The zero-order valence-corrected chi connectivity index (χ0v) is 19.9. The molecule has 1 amide bonds. The van der Waals surface area contributed by atoms with E-state index in [4.69, 9.17) is 11.6 Å². The Labute approximate surface area is 205 Å². The molecule has 0 spiro atoms. The van der Waals surface area contributed by atoms with Crippen molar-refractivity contribution in [3.63, 3.8) is 0 Å². The van der Waals surface area contributed by atoms with Gasteiger partial charge in [0.1, 0.15) is 10.0 Å². The van der Waals surface area contributed by atoms with Crippen molar-refractivity contribution in [1.29, 1.82) is 0 Å². The Kier molecular flexibility index (Phi) is 6.42. The Bertz CT molecular complexity index is 1350. The molecule has 2 aromatic carbocycles. The van der Waals surface area contributed by atoms with Crippen molar-refractivity contribution in [3.8, 4) is 16.3 Å². The summed E-state index contributed by atoms with van der Waals surface area (Å²) in [5.41, 5.74) is 2.74. The van der Waals surface area contributed by atoms with Crippen molar-refractivity contribution < 1.29 is 4.79 Å². The lowest BCUT2D eigenvalue weighted by molar-refractivity contribution is -0.130. The third-order valence-corrected chi connectivity index (χ3v) is 7.07. The van der Waals surface area contributed by atoms with Gasteiger partial charge in [-0.15, -0.1) is 11.3 Å². The number of nitrogens with zero attached hydrogens (tertiary/aromatic N) is 5. The number of rotatable bonds is 5. The Morgan fingerprint density at radius 3 is 2.35 bits per heavy atom. The van der Waals surface area contributed by atoms with Crippen molar-refractivity contribution in [2.45, 2.75) is 6.42 Å². The van der Waals surface area contributed by atoms with E-state index in [0.717, 1.165) is 16.3 Å². The number of amides is 1. The summed E-state index contributed by atoms with van der Waals surface area (Å²) in [5.74, 6) is 0.0493. The summed E-state index contributed by atoms with van der Waals surface area (Å²) in [6, 6.07) is 19.1. The first-order chi connectivity index (χ1) is 16.6. The number of halogens is 1. The number of hydrogen-bond acceptors (Lipinski definition) is 6. The minimum atomic E-state index is -0.360. The van der Waals surface area contributed by atoms with Crippen LogP contribution in [0.25, 0.3) is 16.3 Å². The fourth-order valence-electron chi connectivity index (χ4n) is 3.96. The SMILES string of the molecule is O=C(Cc1csc(-c2ccccc2)n1)N1CCN(c2cnn(-c3ccccc3)c(=O)c2Cl)CC1. The summed E-state index contributed by atoms with van der Waals surface area (Å²) in [6.45, 7) is 2.25. The van der Waals surface area contributed by atoms with Gasteiger partial charge >= 0.3 is 0 Å². The second kappa shape index (κ2) is 9.79. The van der Waals surface area contributed by atoms with E-state index in [1.165, 1.54) is 4.68 Å². The molecular formula is C25H22ClN5O2S. The van der Waals surface area contributed by atoms with Crippen LogP contribution >= 0.6 is 22.9 Å². The summed E-state index contributed by atoms with van der Waals surface area (Å²) >= 11 is 7.99. The van der Waals surface area contributed by atoms with Crippen LogP contribution in [0.1, 0.15) is 5.69 Å². The van der Waals surface area contributed by atoms with Gasteiger partial charge in [0.2, 0.25) is 5.91 Å². The summed E-state index contributed by atoms with van der Waals surface area (Å²) in [6.07, 6.45) is 1.90. The quantitative estimate of drug-likeness (QED) is 0.423. The highest BCUT2D eigenvalue weighted by atomic mass is 35.5. The maximum Gasteiger partial charge on any atom is 0.292 e. The molecule has 0 radical (unpaired) electrons. The van der Waals surface area contributed by atoms with Crippen molar-refractivity contribution >= 4 is 34.5 Å². The molecular weight excluding hydrogens is 470 g/mol. The predicted octanol–water partition coefficient (Wildman–Crippen LogP) is 3.90. The van der Waals surface area contributed by atoms with E-state index in [0.29, 0.717) is 37.6 Å². The van der Waals surface area contributed by atoms with Crippen LogP contribution in [0.5, 0.6) is 0 Å². The first-order valence-electron chi connectivity index (χ1n) is 11.0. The van der Waals surface area contributed by atoms with E-state index >= 15 is 0 Å². The van der Waals surface area contributed by atoms with Gasteiger partial charge in [0.15, 0.2) is 0 Å². The molecule has 3 heterocycles. The lowest BCUT2D eigenvalue weighted by Crippen LogP contribution is -2.49. The molecule has 2 aromatic heterocycles. The minimum absolute atomic E-state index is 0.0493. The highest BCUT2D eigenvalue weighted by molar-refractivity contribution is 7.13. The molecule has 4 aromatic rings. The third kappa shape index (κ3) is 4.60. The number of anilines is 1. The summed E-state index contributed by atoms with van der Waals surface area (Å²) in [5, 5.41) is 7.31. The third-order valence-electron chi connectivity index (χ3n) is 5.78. The maximum absolute atomic E-state index is 12.9. The van der Waals surface area contributed by atoms with Gasteiger partial charge in [-0.1, -0.05) is 60.1 Å². The normalized spacial score (nSPS) is 13.8. The molecule has 0 atom stereocenters. The number of hydrogen-bond donors (Lipinski definition) is 0. The second-order valence-electron chi connectivity index (χ2n) is 7.95. The highest BCUT2D eigenvalue weighted by Crippen LogP contribution is 2.25. The van der Waals surface area contributed by atoms with Crippen LogP contribution in [0.15, 0.2) is 77.0 Å². The van der Waals surface area contributed by atoms with E-state index in [1.54, 1.807) is 29.7 Å². The average Bonchev–Trinajstić information content (AvgIpc) is 3.35. The summed E-state index contributed by atoms with van der Waals surface area (Å²) in [4.78, 5) is 34.1. The van der Waals surface area contributed by atoms with Crippen LogP contribution in [0.3, 0.4) is 0 Å². The minimum Gasteiger partial charge on any atom is -0.365 e. The zero-order chi connectivity index (χ0) is 23.5. The standard InChI is InChI=1S/C25H22ClN5O2S/c26-23-21(16-27-31(25(23)33)20-9-5-2-6-10-20)29-11-13-30(14-12-29)22(32)15-19-17-34-24(28-19)18-7-3-1-4-8-18/h1-10,16-17H,11-15H2. The molecule has 34 heavy (non-hydrogen) atoms. The largest absolute Gasteiger partial charge is 0.365 e. The number of aromatic nitrogens is 3. The van der Waals surface area contributed by atoms with E-state index in [2.05, 4.69) is 10.1 Å². The maximum atomic E-state index is 12.9. The Balaban J connectivity index is 1.22. The van der Waals surface area contributed by atoms with Crippen molar-refractivity contribution in [1.82, 2.24) is 19.7 Å². The van der Waals surface area contributed by atoms with Crippen molar-refractivity contribution in [2.75, 3.05) is 31.1 Å². The van der Waals surface area contributed by atoms with Crippen molar-refractivity contribution in [2.24, 2.45) is 0 Å². The van der Waals surface area contributed by atoms with Gasteiger partial charge < -0.3 is 9.80 Å². The molecule has 1 aliphatic heterocycles. The van der Waals surface area contributed by atoms with Crippen LogP contribution in [0, 0.1) is 0 Å². The summed E-state index contributed by atoms with van der Waals surface area (Å²) < 4.78 is 1.29. The Morgan fingerprint density at radius 2 is 1.65 bits per heavy atom. The number of para-hydroxylation sites is 1. The van der Waals surface area contributed by atoms with E-state index in [-0.39, 0.29) is 22.9 Å². The first-order valence-corrected chi connectivity index (χ1v) is 12.2. The molecule has 1 aliphatic rings. The monoisotopic (exact) mass is 491 g/mol. The lowest BCUT2D eigenvalue weighted by atomic mass is 10.2. The first kappa shape index (κ1) is 22.3. The number of thiazole rings is 1.